The summed E-state index contributed by atoms with van der Waals surface area (Å²) in [5.74, 6) is -1.91. The van der Waals surface area contributed by atoms with Crippen molar-refractivity contribution in [1.82, 2.24) is 4.31 Å². The molecular formula is C10H14F2N2O2S. The molecule has 0 saturated heterocycles. The number of rotatable bonds is 5. The molecule has 0 heterocycles. The second-order valence-corrected chi connectivity index (χ2v) is 5.56. The first-order valence-corrected chi connectivity index (χ1v) is 6.45. The summed E-state index contributed by atoms with van der Waals surface area (Å²) in [6.45, 7) is 0.529. The zero-order chi connectivity index (χ0) is 13.1. The van der Waals surface area contributed by atoms with E-state index in [1.165, 1.54) is 7.05 Å². The van der Waals surface area contributed by atoms with Gasteiger partial charge in [-0.1, -0.05) is 0 Å². The van der Waals surface area contributed by atoms with Crippen LogP contribution < -0.4 is 5.73 Å². The van der Waals surface area contributed by atoms with E-state index in [9.17, 15) is 17.2 Å². The van der Waals surface area contributed by atoms with Crippen molar-refractivity contribution < 1.29 is 17.2 Å². The molecule has 0 fully saturated rings. The second-order valence-electron chi connectivity index (χ2n) is 3.54. The minimum atomic E-state index is -3.92. The van der Waals surface area contributed by atoms with Crippen LogP contribution in [0.5, 0.6) is 0 Å². The van der Waals surface area contributed by atoms with E-state index >= 15 is 0 Å². The van der Waals surface area contributed by atoms with Gasteiger partial charge in [-0.3, -0.25) is 0 Å². The molecule has 0 radical (unpaired) electrons. The lowest BCUT2D eigenvalue weighted by Gasteiger charge is -2.17. The lowest BCUT2D eigenvalue weighted by molar-refractivity contribution is 0.456. The van der Waals surface area contributed by atoms with Gasteiger partial charge in [-0.15, -0.1) is 0 Å². The molecular weight excluding hydrogens is 250 g/mol. The van der Waals surface area contributed by atoms with Crippen molar-refractivity contribution in [2.75, 3.05) is 20.1 Å². The zero-order valence-corrected chi connectivity index (χ0v) is 10.2. The smallest absolute Gasteiger partial charge is 0.245 e. The summed E-state index contributed by atoms with van der Waals surface area (Å²) < 4.78 is 50.8. The van der Waals surface area contributed by atoms with Crippen LogP contribution in [0.4, 0.5) is 8.78 Å². The number of nitrogens with zero attached hydrogens (tertiary/aromatic N) is 1. The number of halogens is 2. The fraction of sp³-hybridized carbons (Fsp3) is 0.400. The maximum atomic E-state index is 13.4. The summed E-state index contributed by atoms with van der Waals surface area (Å²) in [4.78, 5) is -0.529. The highest BCUT2D eigenvalue weighted by molar-refractivity contribution is 7.89. The van der Waals surface area contributed by atoms with Gasteiger partial charge in [-0.25, -0.2) is 21.5 Å². The van der Waals surface area contributed by atoms with Crippen LogP contribution in [0.2, 0.25) is 0 Å². The predicted octanol–water partition coefficient (Wildman–Crippen LogP) is 0.934. The van der Waals surface area contributed by atoms with Crippen molar-refractivity contribution in [3.63, 3.8) is 0 Å². The van der Waals surface area contributed by atoms with Crippen LogP contribution in [-0.2, 0) is 10.0 Å². The number of hydrogen-bond acceptors (Lipinski definition) is 3. The first-order valence-electron chi connectivity index (χ1n) is 5.01. The van der Waals surface area contributed by atoms with Crippen LogP contribution >= 0.6 is 0 Å². The number of hydrogen-bond donors (Lipinski definition) is 1. The average Bonchev–Trinajstić information content (AvgIpc) is 2.25. The SMILES string of the molecule is CN(CCCN)S(=O)(=O)c1ccc(F)cc1F. The van der Waals surface area contributed by atoms with Crippen molar-refractivity contribution >= 4 is 10.0 Å². The third-order valence-electron chi connectivity index (χ3n) is 2.26. The molecule has 7 heteroatoms. The van der Waals surface area contributed by atoms with E-state index in [2.05, 4.69) is 0 Å². The normalized spacial score (nSPS) is 12.1. The third kappa shape index (κ3) is 3.21. The Labute approximate surface area is 99.1 Å². The minimum absolute atomic E-state index is 0.190. The molecule has 0 aliphatic carbocycles. The van der Waals surface area contributed by atoms with E-state index < -0.39 is 26.6 Å². The Morgan fingerprint density at radius 3 is 2.53 bits per heavy atom. The van der Waals surface area contributed by atoms with E-state index in [0.717, 1.165) is 16.4 Å². The number of nitrogens with two attached hydrogens (primary N) is 1. The van der Waals surface area contributed by atoms with Crippen LogP contribution in [0.25, 0.3) is 0 Å². The van der Waals surface area contributed by atoms with Crippen LogP contribution in [0.3, 0.4) is 0 Å². The van der Waals surface area contributed by atoms with E-state index in [0.29, 0.717) is 19.0 Å². The summed E-state index contributed by atoms with van der Waals surface area (Å²) in [5.41, 5.74) is 5.26. The molecule has 0 aliphatic heterocycles. The van der Waals surface area contributed by atoms with E-state index in [1.807, 2.05) is 0 Å². The van der Waals surface area contributed by atoms with Crippen LogP contribution in [-0.4, -0.2) is 32.9 Å². The molecule has 1 aromatic carbocycles. The molecule has 0 aromatic heterocycles. The molecule has 2 N–H and O–H groups in total. The molecule has 4 nitrogen and oxygen atoms in total. The van der Waals surface area contributed by atoms with Gasteiger partial charge in [0.25, 0.3) is 0 Å². The first kappa shape index (κ1) is 14.0. The molecule has 0 bridgehead atoms. The molecule has 0 amide bonds. The Hall–Kier alpha value is -1.05. The summed E-state index contributed by atoms with van der Waals surface area (Å²) in [5, 5.41) is 0. The molecule has 1 aromatic rings. The summed E-state index contributed by atoms with van der Waals surface area (Å²) in [6, 6.07) is 2.37. The Morgan fingerprint density at radius 1 is 1.35 bits per heavy atom. The van der Waals surface area contributed by atoms with Gasteiger partial charge >= 0.3 is 0 Å². The van der Waals surface area contributed by atoms with Crippen molar-refractivity contribution in [2.24, 2.45) is 5.73 Å². The Morgan fingerprint density at radius 2 is 2.00 bits per heavy atom. The molecule has 0 saturated carbocycles. The highest BCUT2D eigenvalue weighted by Gasteiger charge is 2.24. The summed E-state index contributed by atoms with van der Waals surface area (Å²) >= 11 is 0. The Balaban J connectivity index is 3.04. The lowest BCUT2D eigenvalue weighted by Crippen LogP contribution is -2.29. The fourth-order valence-corrected chi connectivity index (χ4v) is 2.54. The van der Waals surface area contributed by atoms with Gasteiger partial charge in [0.2, 0.25) is 10.0 Å². The number of benzene rings is 1. The van der Waals surface area contributed by atoms with Gasteiger partial charge in [-0.05, 0) is 25.1 Å². The maximum absolute atomic E-state index is 13.4. The highest BCUT2D eigenvalue weighted by atomic mass is 32.2. The van der Waals surface area contributed by atoms with Gasteiger partial charge in [0.05, 0.1) is 0 Å². The molecule has 17 heavy (non-hydrogen) atoms. The summed E-state index contributed by atoms with van der Waals surface area (Å²) in [6.07, 6.45) is 0.471. The van der Waals surface area contributed by atoms with Gasteiger partial charge in [0, 0.05) is 19.7 Å². The minimum Gasteiger partial charge on any atom is -0.330 e. The van der Waals surface area contributed by atoms with Crippen molar-refractivity contribution in [1.29, 1.82) is 0 Å². The van der Waals surface area contributed by atoms with Crippen LogP contribution in [0, 0.1) is 11.6 Å². The van der Waals surface area contributed by atoms with Crippen molar-refractivity contribution in [3.05, 3.63) is 29.8 Å². The zero-order valence-electron chi connectivity index (χ0n) is 9.36. The third-order valence-corrected chi connectivity index (χ3v) is 4.15. The topological polar surface area (TPSA) is 63.4 Å². The predicted molar refractivity (Wildman–Crippen MR) is 59.8 cm³/mol. The van der Waals surface area contributed by atoms with Gasteiger partial charge in [-0.2, -0.15) is 0 Å². The van der Waals surface area contributed by atoms with Crippen molar-refractivity contribution in [2.45, 2.75) is 11.3 Å². The van der Waals surface area contributed by atoms with E-state index in [4.69, 9.17) is 5.73 Å². The molecule has 0 atom stereocenters. The quantitative estimate of drug-likeness (QED) is 0.860. The second kappa shape index (κ2) is 5.52. The largest absolute Gasteiger partial charge is 0.330 e. The maximum Gasteiger partial charge on any atom is 0.245 e. The Kier molecular flexibility index (Phi) is 4.55. The lowest BCUT2D eigenvalue weighted by atomic mass is 10.3. The molecule has 0 unspecified atom stereocenters. The highest BCUT2D eigenvalue weighted by Crippen LogP contribution is 2.19. The van der Waals surface area contributed by atoms with E-state index in [-0.39, 0.29) is 6.54 Å². The van der Waals surface area contributed by atoms with Crippen molar-refractivity contribution in [3.8, 4) is 0 Å². The first-order chi connectivity index (χ1) is 7.89. The van der Waals surface area contributed by atoms with E-state index in [1.54, 1.807) is 0 Å². The van der Waals surface area contributed by atoms with Gasteiger partial charge < -0.3 is 5.73 Å². The molecule has 0 spiro atoms. The van der Waals surface area contributed by atoms with Crippen LogP contribution in [0.1, 0.15) is 6.42 Å². The molecule has 0 aliphatic rings. The molecule has 1 rings (SSSR count). The van der Waals surface area contributed by atoms with Gasteiger partial charge in [0.15, 0.2) is 0 Å². The fourth-order valence-electron chi connectivity index (χ4n) is 1.29. The Bertz CT molecular complexity index is 491. The standard InChI is InChI=1S/C10H14F2N2O2S/c1-14(6-2-5-13)17(15,16)10-4-3-8(11)7-9(10)12/h3-4,7H,2,5-6,13H2,1H3. The van der Waals surface area contributed by atoms with Gasteiger partial charge in [0.1, 0.15) is 16.5 Å². The monoisotopic (exact) mass is 264 g/mol. The summed E-state index contributed by atoms with van der Waals surface area (Å²) in [7, 11) is -2.60. The average molecular weight is 264 g/mol. The van der Waals surface area contributed by atoms with Crippen LogP contribution in [0.15, 0.2) is 23.1 Å². The number of sulfonamides is 1. The molecule has 96 valence electrons.